The summed E-state index contributed by atoms with van der Waals surface area (Å²) < 4.78 is 5.50. The van der Waals surface area contributed by atoms with Gasteiger partial charge in [0.2, 0.25) is 0 Å². The van der Waals surface area contributed by atoms with Crippen molar-refractivity contribution in [1.29, 1.82) is 0 Å². The first-order valence-electron chi connectivity index (χ1n) is 8.15. The Balaban J connectivity index is 2.14. The van der Waals surface area contributed by atoms with Crippen molar-refractivity contribution in [2.75, 3.05) is 19.0 Å². The average molecular weight is 331 g/mol. The minimum absolute atomic E-state index is 0.478. The van der Waals surface area contributed by atoms with E-state index in [1.165, 1.54) is 5.56 Å². The van der Waals surface area contributed by atoms with Gasteiger partial charge in [-0.2, -0.15) is 0 Å². The van der Waals surface area contributed by atoms with Gasteiger partial charge in [-0.15, -0.1) is 6.42 Å². The zero-order chi connectivity index (χ0) is 18.0. The summed E-state index contributed by atoms with van der Waals surface area (Å²) in [5, 5.41) is 3.17. The predicted molar refractivity (Wildman–Crippen MR) is 103 cm³/mol. The highest BCUT2D eigenvalue weighted by atomic mass is 16.5. The zero-order valence-electron chi connectivity index (χ0n) is 15.0. The van der Waals surface area contributed by atoms with E-state index in [0.717, 1.165) is 45.0 Å². The molecule has 0 saturated carbocycles. The monoisotopic (exact) mass is 331 g/mol. The van der Waals surface area contributed by atoms with Gasteiger partial charge < -0.3 is 10.1 Å². The smallest absolute Gasteiger partial charge is 0.122 e. The second-order valence-electron chi connectivity index (χ2n) is 6.04. The lowest BCUT2D eigenvalue weighted by atomic mass is 10.0. The molecule has 0 unspecified atom stereocenters. The number of nitrogens with one attached hydrogen (secondary N) is 1. The number of terminal acetylenes is 1. The SMILES string of the molecule is C#CCNc1ccc2nc(C)c(-c3cc(C)c(C)c(OC)c3)nc2c1. The molecule has 25 heavy (non-hydrogen) atoms. The van der Waals surface area contributed by atoms with Gasteiger partial charge >= 0.3 is 0 Å². The predicted octanol–water partition coefficient (Wildman–Crippen LogP) is 4.28. The van der Waals surface area contributed by atoms with Crippen LogP contribution in [0.25, 0.3) is 22.3 Å². The van der Waals surface area contributed by atoms with Gasteiger partial charge in [-0.25, -0.2) is 9.97 Å². The maximum atomic E-state index is 5.50. The molecule has 0 saturated heterocycles. The number of benzene rings is 2. The van der Waals surface area contributed by atoms with Gasteiger partial charge in [-0.3, -0.25) is 0 Å². The number of nitrogens with zero attached hydrogens (tertiary/aromatic N) is 2. The summed E-state index contributed by atoms with van der Waals surface area (Å²) >= 11 is 0. The largest absolute Gasteiger partial charge is 0.496 e. The van der Waals surface area contributed by atoms with E-state index in [1.54, 1.807) is 7.11 Å². The topological polar surface area (TPSA) is 47.0 Å². The third-order valence-electron chi connectivity index (χ3n) is 4.35. The van der Waals surface area contributed by atoms with Crippen molar-refractivity contribution in [3.05, 3.63) is 47.2 Å². The van der Waals surface area contributed by atoms with Crippen LogP contribution in [0.1, 0.15) is 16.8 Å². The molecule has 0 radical (unpaired) electrons. The average Bonchev–Trinajstić information content (AvgIpc) is 2.61. The van der Waals surface area contributed by atoms with E-state index in [0.29, 0.717) is 6.54 Å². The molecule has 0 aliphatic carbocycles. The fraction of sp³-hybridized carbons (Fsp3) is 0.238. The third kappa shape index (κ3) is 3.27. The number of aromatic nitrogens is 2. The van der Waals surface area contributed by atoms with Crippen LogP contribution in [0.2, 0.25) is 0 Å². The van der Waals surface area contributed by atoms with Crippen molar-refractivity contribution in [1.82, 2.24) is 9.97 Å². The summed E-state index contributed by atoms with van der Waals surface area (Å²) in [7, 11) is 1.69. The first-order chi connectivity index (χ1) is 12.0. The van der Waals surface area contributed by atoms with E-state index in [1.807, 2.05) is 31.2 Å². The molecular formula is C21H21N3O. The molecule has 1 N–H and O–H groups in total. The summed E-state index contributed by atoms with van der Waals surface area (Å²) in [5.41, 5.74) is 7.70. The van der Waals surface area contributed by atoms with Crippen LogP contribution in [0.5, 0.6) is 5.75 Å². The van der Waals surface area contributed by atoms with Crippen LogP contribution in [0.15, 0.2) is 30.3 Å². The zero-order valence-corrected chi connectivity index (χ0v) is 15.0. The first-order valence-corrected chi connectivity index (χ1v) is 8.15. The van der Waals surface area contributed by atoms with Crippen LogP contribution >= 0.6 is 0 Å². The fourth-order valence-corrected chi connectivity index (χ4v) is 2.85. The highest BCUT2D eigenvalue weighted by molar-refractivity contribution is 5.82. The molecule has 1 heterocycles. The first kappa shape index (κ1) is 16.8. The number of aryl methyl sites for hydroxylation is 2. The van der Waals surface area contributed by atoms with Gasteiger partial charge in [0.25, 0.3) is 0 Å². The maximum absolute atomic E-state index is 5.50. The van der Waals surface area contributed by atoms with Gasteiger partial charge in [-0.05, 0) is 62.2 Å². The minimum atomic E-state index is 0.478. The molecule has 4 nitrogen and oxygen atoms in total. The Morgan fingerprint density at radius 1 is 1.08 bits per heavy atom. The van der Waals surface area contributed by atoms with E-state index in [9.17, 15) is 0 Å². The summed E-state index contributed by atoms with van der Waals surface area (Å²) in [6.45, 7) is 6.59. The van der Waals surface area contributed by atoms with Crippen molar-refractivity contribution in [2.45, 2.75) is 20.8 Å². The quantitative estimate of drug-likeness (QED) is 0.725. The molecule has 1 aromatic heterocycles. The van der Waals surface area contributed by atoms with Crippen LogP contribution in [0.4, 0.5) is 5.69 Å². The summed E-state index contributed by atoms with van der Waals surface area (Å²) in [6.07, 6.45) is 5.31. The number of hydrogen-bond acceptors (Lipinski definition) is 4. The molecule has 0 fully saturated rings. The molecule has 0 amide bonds. The van der Waals surface area contributed by atoms with Crippen molar-refractivity contribution >= 4 is 16.7 Å². The molecule has 126 valence electrons. The Morgan fingerprint density at radius 2 is 1.88 bits per heavy atom. The van der Waals surface area contributed by atoms with E-state index in [4.69, 9.17) is 21.1 Å². The molecule has 0 aliphatic heterocycles. The van der Waals surface area contributed by atoms with Crippen LogP contribution < -0.4 is 10.1 Å². The van der Waals surface area contributed by atoms with E-state index >= 15 is 0 Å². The van der Waals surface area contributed by atoms with E-state index in [2.05, 4.69) is 31.2 Å². The van der Waals surface area contributed by atoms with Gasteiger partial charge in [0.15, 0.2) is 0 Å². The molecule has 3 aromatic rings. The molecular weight excluding hydrogens is 310 g/mol. The van der Waals surface area contributed by atoms with Gasteiger partial charge in [-0.1, -0.05) is 5.92 Å². The third-order valence-corrected chi connectivity index (χ3v) is 4.35. The molecule has 0 aliphatic rings. The van der Waals surface area contributed by atoms with Crippen LogP contribution in [-0.4, -0.2) is 23.6 Å². The Morgan fingerprint density at radius 3 is 2.60 bits per heavy atom. The van der Waals surface area contributed by atoms with E-state index in [-0.39, 0.29) is 0 Å². The summed E-state index contributed by atoms with van der Waals surface area (Å²) in [4.78, 5) is 9.56. The number of rotatable bonds is 4. The number of fused-ring (bicyclic) bond motifs is 1. The lowest BCUT2D eigenvalue weighted by Crippen LogP contribution is -2.00. The lowest BCUT2D eigenvalue weighted by Gasteiger charge is -2.13. The van der Waals surface area contributed by atoms with Crippen molar-refractivity contribution in [2.24, 2.45) is 0 Å². The molecule has 0 bridgehead atoms. The number of anilines is 1. The normalized spacial score (nSPS) is 10.5. The van der Waals surface area contributed by atoms with Crippen molar-refractivity contribution in [3.63, 3.8) is 0 Å². The van der Waals surface area contributed by atoms with Crippen molar-refractivity contribution in [3.8, 4) is 29.4 Å². The summed E-state index contributed by atoms with van der Waals surface area (Å²) in [5.74, 6) is 3.44. The summed E-state index contributed by atoms with van der Waals surface area (Å²) in [6, 6.07) is 10.0. The standard InChI is InChI=1S/C21H21N3O/c1-6-9-22-17-7-8-18-19(12-17)24-21(15(4)23-18)16-10-13(2)14(3)20(11-16)25-5/h1,7-8,10-12,22H,9H2,2-5H3. The lowest BCUT2D eigenvalue weighted by molar-refractivity contribution is 0.411. The van der Waals surface area contributed by atoms with Crippen LogP contribution in [0, 0.1) is 33.1 Å². The van der Waals surface area contributed by atoms with Gasteiger partial charge in [0, 0.05) is 11.3 Å². The number of hydrogen-bond donors (Lipinski definition) is 1. The number of ether oxygens (including phenoxy) is 1. The highest BCUT2D eigenvalue weighted by Gasteiger charge is 2.12. The Hall–Kier alpha value is -3.06. The second kappa shape index (κ2) is 6.82. The van der Waals surface area contributed by atoms with Crippen LogP contribution in [-0.2, 0) is 0 Å². The van der Waals surface area contributed by atoms with Crippen molar-refractivity contribution < 1.29 is 4.74 Å². The Kier molecular flexibility index (Phi) is 4.58. The maximum Gasteiger partial charge on any atom is 0.122 e. The minimum Gasteiger partial charge on any atom is -0.496 e. The van der Waals surface area contributed by atoms with Gasteiger partial charge in [0.05, 0.1) is 36.1 Å². The number of methoxy groups -OCH3 is 1. The molecule has 4 heteroatoms. The van der Waals surface area contributed by atoms with E-state index < -0.39 is 0 Å². The second-order valence-corrected chi connectivity index (χ2v) is 6.04. The molecule has 3 rings (SSSR count). The Bertz CT molecular complexity index is 987. The van der Waals surface area contributed by atoms with Gasteiger partial charge in [0.1, 0.15) is 5.75 Å². The van der Waals surface area contributed by atoms with Crippen LogP contribution in [0.3, 0.4) is 0 Å². The molecule has 2 aromatic carbocycles. The Labute approximate surface area is 148 Å². The highest BCUT2D eigenvalue weighted by Crippen LogP contribution is 2.31. The molecule has 0 atom stereocenters. The molecule has 0 spiro atoms. The fourth-order valence-electron chi connectivity index (χ4n) is 2.85.